The van der Waals surface area contributed by atoms with Gasteiger partial charge in [0.2, 0.25) is 0 Å². The maximum absolute atomic E-state index is 12.7. The maximum Gasteiger partial charge on any atom is 0.327 e. The molecule has 0 radical (unpaired) electrons. The van der Waals surface area contributed by atoms with Gasteiger partial charge in [-0.05, 0) is 24.3 Å². The number of benzene rings is 2. The minimum atomic E-state index is -0.203. The van der Waals surface area contributed by atoms with Gasteiger partial charge in [0.1, 0.15) is 24.2 Å². The number of amides is 1. The Labute approximate surface area is 181 Å². The molecule has 2 aliphatic rings. The second-order valence-corrected chi connectivity index (χ2v) is 7.87. The first-order chi connectivity index (χ1) is 15.3. The van der Waals surface area contributed by atoms with Crippen LogP contribution in [0.25, 0.3) is 11.0 Å². The van der Waals surface area contributed by atoms with E-state index in [2.05, 4.69) is 26.2 Å². The van der Waals surface area contributed by atoms with E-state index in [1.165, 1.54) is 0 Å². The van der Waals surface area contributed by atoms with Gasteiger partial charge in [0, 0.05) is 26.2 Å². The van der Waals surface area contributed by atoms with Crippen LogP contribution in [0, 0.1) is 0 Å². The molecule has 0 bridgehead atoms. The summed E-state index contributed by atoms with van der Waals surface area (Å²) in [6.45, 7) is 6.47. The van der Waals surface area contributed by atoms with Crippen molar-refractivity contribution in [2.75, 3.05) is 57.4 Å². The number of carbonyl (C=O) groups is 1. The van der Waals surface area contributed by atoms with Crippen LogP contribution >= 0.6 is 0 Å². The van der Waals surface area contributed by atoms with Gasteiger partial charge in [0.15, 0.2) is 0 Å². The lowest BCUT2D eigenvalue weighted by molar-refractivity contribution is -0.0660. The molecule has 31 heavy (non-hydrogen) atoms. The number of nitrogens with one attached hydrogen (secondary N) is 1. The van der Waals surface area contributed by atoms with E-state index >= 15 is 0 Å². The number of hydrogen-bond donors (Lipinski definition) is 1. The number of aromatic nitrogens is 2. The Hall–Kier alpha value is -3.10. The second-order valence-electron chi connectivity index (χ2n) is 7.87. The molecule has 1 N–H and O–H groups in total. The zero-order valence-electron chi connectivity index (χ0n) is 17.4. The van der Waals surface area contributed by atoms with Gasteiger partial charge in [0.25, 0.3) is 0 Å². The number of nitrogens with zero attached hydrogens (tertiary/aromatic N) is 4. The molecule has 0 unspecified atom stereocenters. The standard InChI is InChI=1S/C23H27N5O3/c29-23(24-9-14-31-19-5-2-1-3-6-19)28-17-25-22-20(7-4-8-21(22)28)27-12-10-26(11-13-27)18-15-30-16-18/h1-8,17-18H,9-16H2,(H,24,29). The first-order valence-corrected chi connectivity index (χ1v) is 10.8. The molecule has 162 valence electrons. The van der Waals surface area contributed by atoms with Gasteiger partial charge in [-0.2, -0.15) is 0 Å². The third-order valence-corrected chi connectivity index (χ3v) is 5.96. The number of imidazole rings is 1. The van der Waals surface area contributed by atoms with E-state index in [1.807, 2.05) is 42.5 Å². The summed E-state index contributed by atoms with van der Waals surface area (Å²) in [4.78, 5) is 22.1. The highest BCUT2D eigenvalue weighted by atomic mass is 16.5. The van der Waals surface area contributed by atoms with Crippen LogP contribution in [0.1, 0.15) is 0 Å². The van der Waals surface area contributed by atoms with Gasteiger partial charge >= 0.3 is 6.03 Å². The van der Waals surface area contributed by atoms with E-state index in [0.717, 1.165) is 61.9 Å². The summed E-state index contributed by atoms with van der Waals surface area (Å²) in [5.74, 6) is 0.791. The van der Waals surface area contributed by atoms with Crippen LogP contribution in [0.2, 0.25) is 0 Å². The lowest BCUT2D eigenvalue weighted by atomic mass is 10.1. The van der Waals surface area contributed by atoms with E-state index in [4.69, 9.17) is 9.47 Å². The number of para-hydroxylation sites is 2. The minimum absolute atomic E-state index is 0.203. The average molecular weight is 422 g/mol. The summed E-state index contributed by atoms with van der Waals surface area (Å²) in [6, 6.07) is 16.0. The van der Waals surface area contributed by atoms with Gasteiger partial charge < -0.3 is 19.7 Å². The molecule has 8 nitrogen and oxygen atoms in total. The number of piperazine rings is 1. The number of hydrogen-bond acceptors (Lipinski definition) is 6. The highest BCUT2D eigenvalue weighted by Crippen LogP contribution is 2.27. The Bertz CT molecular complexity index is 1030. The van der Waals surface area contributed by atoms with Gasteiger partial charge in [-0.1, -0.05) is 24.3 Å². The van der Waals surface area contributed by atoms with Crippen LogP contribution in [0.4, 0.5) is 10.5 Å². The second kappa shape index (κ2) is 8.95. The zero-order chi connectivity index (χ0) is 21.0. The van der Waals surface area contributed by atoms with Crippen molar-refractivity contribution >= 4 is 22.8 Å². The highest BCUT2D eigenvalue weighted by Gasteiger charge is 2.29. The van der Waals surface area contributed by atoms with Crippen molar-refractivity contribution in [2.45, 2.75) is 6.04 Å². The smallest absolute Gasteiger partial charge is 0.327 e. The fraction of sp³-hybridized carbons (Fsp3) is 0.391. The van der Waals surface area contributed by atoms with E-state index in [9.17, 15) is 4.79 Å². The van der Waals surface area contributed by atoms with Crippen LogP contribution in [-0.4, -0.2) is 79.1 Å². The summed E-state index contributed by atoms with van der Waals surface area (Å²) < 4.78 is 12.5. The summed E-state index contributed by atoms with van der Waals surface area (Å²) in [5, 5.41) is 2.90. The van der Waals surface area contributed by atoms with Crippen molar-refractivity contribution in [2.24, 2.45) is 0 Å². The molecule has 2 aliphatic heterocycles. The molecule has 2 saturated heterocycles. The van der Waals surface area contributed by atoms with E-state index in [0.29, 0.717) is 19.2 Å². The van der Waals surface area contributed by atoms with Gasteiger partial charge in [-0.15, -0.1) is 0 Å². The molecule has 0 spiro atoms. The summed E-state index contributed by atoms with van der Waals surface area (Å²) >= 11 is 0. The van der Waals surface area contributed by atoms with E-state index in [-0.39, 0.29) is 6.03 Å². The molecular formula is C23H27N5O3. The summed E-state index contributed by atoms with van der Waals surface area (Å²) in [6.07, 6.45) is 1.60. The van der Waals surface area contributed by atoms with Crippen molar-refractivity contribution in [3.63, 3.8) is 0 Å². The predicted molar refractivity (Wildman–Crippen MR) is 119 cm³/mol. The fourth-order valence-electron chi connectivity index (χ4n) is 4.13. The minimum Gasteiger partial charge on any atom is -0.492 e. The van der Waals surface area contributed by atoms with E-state index in [1.54, 1.807) is 10.9 Å². The first kappa shape index (κ1) is 19.8. The van der Waals surface area contributed by atoms with Crippen LogP contribution in [0.5, 0.6) is 5.75 Å². The van der Waals surface area contributed by atoms with Crippen molar-refractivity contribution in [3.05, 3.63) is 54.9 Å². The average Bonchev–Trinajstić information content (AvgIpc) is 3.21. The van der Waals surface area contributed by atoms with Crippen molar-refractivity contribution in [3.8, 4) is 5.75 Å². The van der Waals surface area contributed by atoms with Crippen LogP contribution in [0.15, 0.2) is 54.9 Å². The van der Waals surface area contributed by atoms with Crippen LogP contribution in [0.3, 0.4) is 0 Å². The first-order valence-electron chi connectivity index (χ1n) is 10.8. The lowest BCUT2D eigenvalue weighted by Crippen LogP contribution is -2.56. The molecule has 0 saturated carbocycles. The van der Waals surface area contributed by atoms with Crippen molar-refractivity contribution < 1.29 is 14.3 Å². The Morgan fingerprint density at radius 1 is 1.06 bits per heavy atom. The Balaban J connectivity index is 1.21. The summed E-state index contributed by atoms with van der Waals surface area (Å²) in [5.41, 5.74) is 2.76. The number of ether oxygens (including phenoxy) is 2. The fourth-order valence-corrected chi connectivity index (χ4v) is 4.13. The third-order valence-electron chi connectivity index (χ3n) is 5.96. The normalized spacial score (nSPS) is 17.5. The lowest BCUT2D eigenvalue weighted by Gasteiger charge is -2.43. The molecule has 0 atom stereocenters. The van der Waals surface area contributed by atoms with Crippen molar-refractivity contribution in [1.82, 2.24) is 19.8 Å². The van der Waals surface area contributed by atoms with Crippen LogP contribution < -0.4 is 15.0 Å². The Kier molecular flexibility index (Phi) is 5.73. The number of anilines is 1. The van der Waals surface area contributed by atoms with Gasteiger partial charge in [0.05, 0.1) is 37.0 Å². The Morgan fingerprint density at radius 3 is 2.61 bits per heavy atom. The monoisotopic (exact) mass is 421 g/mol. The molecule has 8 heteroatoms. The molecule has 1 amide bonds. The quantitative estimate of drug-likeness (QED) is 0.616. The number of rotatable bonds is 6. The topological polar surface area (TPSA) is 71.9 Å². The Morgan fingerprint density at radius 2 is 1.87 bits per heavy atom. The SMILES string of the molecule is O=C(NCCOc1ccccc1)n1cnc2c(N3CCN(C4COC4)CC3)cccc21. The van der Waals surface area contributed by atoms with Crippen LogP contribution in [-0.2, 0) is 4.74 Å². The largest absolute Gasteiger partial charge is 0.492 e. The molecule has 1 aromatic heterocycles. The van der Waals surface area contributed by atoms with Crippen molar-refractivity contribution in [1.29, 1.82) is 0 Å². The zero-order valence-corrected chi connectivity index (χ0v) is 17.4. The number of carbonyl (C=O) groups excluding carboxylic acids is 1. The number of fused-ring (bicyclic) bond motifs is 1. The third kappa shape index (κ3) is 4.22. The predicted octanol–water partition coefficient (Wildman–Crippen LogP) is 2.19. The molecule has 5 rings (SSSR count). The van der Waals surface area contributed by atoms with Gasteiger partial charge in [-0.3, -0.25) is 9.47 Å². The summed E-state index contributed by atoms with van der Waals surface area (Å²) in [7, 11) is 0. The molecule has 2 fully saturated rings. The molecule has 3 heterocycles. The van der Waals surface area contributed by atoms with E-state index < -0.39 is 0 Å². The molecular weight excluding hydrogens is 394 g/mol. The molecule has 3 aromatic rings. The highest BCUT2D eigenvalue weighted by molar-refractivity contribution is 5.95. The van der Waals surface area contributed by atoms with Gasteiger partial charge in [-0.25, -0.2) is 9.78 Å². The molecule has 0 aliphatic carbocycles. The molecule has 2 aromatic carbocycles. The maximum atomic E-state index is 12.7.